The van der Waals surface area contributed by atoms with Gasteiger partial charge in [-0.05, 0) is 11.3 Å². The number of aryl methyl sites for hydroxylation is 1. The molecule has 1 aliphatic heterocycles. The minimum Gasteiger partial charge on any atom is -0.392 e. The Morgan fingerprint density at radius 1 is 1.63 bits per heavy atom. The Morgan fingerprint density at radius 3 is 2.95 bits per heavy atom. The van der Waals surface area contributed by atoms with Gasteiger partial charge < -0.3 is 20.3 Å². The minimum atomic E-state index is -0.725. The van der Waals surface area contributed by atoms with Crippen molar-refractivity contribution in [3.8, 4) is 0 Å². The summed E-state index contributed by atoms with van der Waals surface area (Å²) in [5.41, 5.74) is 0. The van der Waals surface area contributed by atoms with E-state index < -0.39 is 11.0 Å². The maximum atomic E-state index is 10.8. The fourth-order valence-electron chi connectivity index (χ4n) is 2.37. The zero-order valence-corrected chi connectivity index (χ0v) is 10.8. The molecule has 1 saturated heterocycles. The Kier molecular flexibility index (Phi) is 4.13. The number of rotatable bonds is 5. The molecule has 0 bridgehead atoms. The quantitative estimate of drug-likeness (QED) is 0.553. The van der Waals surface area contributed by atoms with Gasteiger partial charge in [0.25, 0.3) is 0 Å². The molecule has 0 saturated carbocycles. The van der Waals surface area contributed by atoms with E-state index in [1.54, 1.807) is 6.92 Å². The summed E-state index contributed by atoms with van der Waals surface area (Å²) in [5, 5.41) is 30.2. The molecule has 1 aliphatic rings. The molecular weight excluding hydrogens is 252 g/mol. The molecule has 19 heavy (non-hydrogen) atoms. The molecule has 2 N–H and O–H groups in total. The standard InChI is InChI=1S/C11H18N4O4/c1-8-12-4-11(15(18)19)14(8)7-10(17)6-13-3-2-9(16)5-13/h4,9-10,16-17H,2-3,5-7H2,1H3. The van der Waals surface area contributed by atoms with Crippen LogP contribution in [0, 0.1) is 17.0 Å². The van der Waals surface area contributed by atoms with Gasteiger partial charge in [0.05, 0.1) is 6.10 Å². The van der Waals surface area contributed by atoms with Gasteiger partial charge in [0.15, 0.2) is 5.82 Å². The minimum absolute atomic E-state index is 0.113. The highest BCUT2D eigenvalue weighted by atomic mass is 16.6. The number of aliphatic hydroxyl groups is 2. The average molecular weight is 270 g/mol. The molecule has 8 heteroatoms. The summed E-state index contributed by atoms with van der Waals surface area (Å²) >= 11 is 0. The van der Waals surface area contributed by atoms with Crippen molar-refractivity contribution < 1.29 is 15.1 Å². The van der Waals surface area contributed by atoms with E-state index in [1.165, 1.54) is 10.8 Å². The van der Waals surface area contributed by atoms with Gasteiger partial charge in [-0.3, -0.25) is 4.90 Å². The lowest BCUT2D eigenvalue weighted by atomic mass is 10.3. The van der Waals surface area contributed by atoms with Gasteiger partial charge in [-0.2, -0.15) is 0 Å². The molecule has 2 unspecified atom stereocenters. The maximum absolute atomic E-state index is 10.8. The van der Waals surface area contributed by atoms with E-state index in [4.69, 9.17) is 0 Å². The SMILES string of the molecule is Cc1ncc([N+](=O)[O-])n1CC(O)CN1CCC(O)C1. The van der Waals surface area contributed by atoms with E-state index in [0.29, 0.717) is 25.3 Å². The van der Waals surface area contributed by atoms with Gasteiger partial charge in [0.2, 0.25) is 0 Å². The van der Waals surface area contributed by atoms with Gasteiger partial charge >= 0.3 is 5.82 Å². The third-order valence-electron chi connectivity index (χ3n) is 3.33. The van der Waals surface area contributed by atoms with E-state index in [-0.39, 0.29) is 18.5 Å². The number of aliphatic hydroxyl groups excluding tert-OH is 2. The van der Waals surface area contributed by atoms with Gasteiger partial charge in [-0.25, -0.2) is 9.55 Å². The van der Waals surface area contributed by atoms with E-state index >= 15 is 0 Å². The second-order valence-corrected chi connectivity index (χ2v) is 4.89. The van der Waals surface area contributed by atoms with E-state index in [1.807, 2.05) is 4.90 Å². The highest BCUT2D eigenvalue weighted by Gasteiger charge is 2.25. The van der Waals surface area contributed by atoms with Crippen LogP contribution in [-0.2, 0) is 6.54 Å². The number of likely N-dealkylation sites (tertiary alicyclic amines) is 1. The molecule has 1 aromatic heterocycles. The monoisotopic (exact) mass is 270 g/mol. The fourth-order valence-corrected chi connectivity index (χ4v) is 2.37. The molecule has 0 aliphatic carbocycles. The number of hydrogen-bond donors (Lipinski definition) is 2. The molecule has 0 spiro atoms. The summed E-state index contributed by atoms with van der Waals surface area (Å²) in [7, 11) is 0. The lowest BCUT2D eigenvalue weighted by Crippen LogP contribution is -2.34. The first-order valence-corrected chi connectivity index (χ1v) is 6.22. The summed E-state index contributed by atoms with van der Waals surface area (Å²) in [6.45, 7) is 3.48. The zero-order chi connectivity index (χ0) is 14.0. The van der Waals surface area contributed by atoms with Crippen LogP contribution in [0.15, 0.2) is 6.20 Å². The molecule has 0 aromatic carbocycles. The largest absolute Gasteiger partial charge is 0.392 e. The molecule has 2 rings (SSSR count). The Hall–Kier alpha value is -1.51. The fraction of sp³-hybridized carbons (Fsp3) is 0.727. The lowest BCUT2D eigenvalue weighted by molar-refractivity contribution is -0.392. The van der Waals surface area contributed by atoms with Gasteiger partial charge in [-0.15, -0.1) is 0 Å². The predicted octanol–water partition coefficient (Wildman–Crippen LogP) is -0.473. The first-order chi connectivity index (χ1) is 8.97. The molecule has 8 nitrogen and oxygen atoms in total. The molecule has 1 fully saturated rings. The highest BCUT2D eigenvalue weighted by molar-refractivity contribution is 5.18. The highest BCUT2D eigenvalue weighted by Crippen LogP contribution is 2.15. The van der Waals surface area contributed by atoms with Crippen molar-refractivity contribution in [1.29, 1.82) is 0 Å². The van der Waals surface area contributed by atoms with Gasteiger partial charge in [0, 0.05) is 26.6 Å². The smallest absolute Gasteiger partial charge is 0.342 e. The summed E-state index contributed by atoms with van der Waals surface area (Å²) < 4.78 is 1.40. The van der Waals surface area contributed by atoms with Crippen LogP contribution in [0.1, 0.15) is 12.2 Å². The normalized spacial score (nSPS) is 21.7. The van der Waals surface area contributed by atoms with Crippen LogP contribution in [0.3, 0.4) is 0 Å². The van der Waals surface area contributed by atoms with Crippen molar-refractivity contribution in [2.24, 2.45) is 0 Å². The average Bonchev–Trinajstić information content (AvgIpc) is 2.87. The molecular formula is C11H18N4O4. The van der Waals surface area contributed by atoms with E-state index in [9.17, 15) is 20.3 Å². The second kappa shape index (κ2) is 5.64. The van der Waals surface area contributed by atoms with Crippen molar-refractivity contribution in [2.45, 2.75) is 32.1 Å². The molecule has 0 amide bonds. The zero-order valence-electron chi connectivity index (χ0n) is 10.8. The molecule has 2 atom stereocenters. The Bertz CT molecular complexity index is 462. The van der Waals surface area contributed by atoms with E-state index in [0.717, 1.165) is 6.54 Å². The number of aromatic nitrogens is 2. The number of nitrogens with zero attached hydrogens (tertiary/aromatic N) is 4. The number of hydrogen-bond acceptors (Lipinski definition) is 6. The van der Waals surface area contributed by atoms with Gasteiger partial charge in [-0.1, -0.05) is 0 Å². The first-order valence-electron chi connectivity index (χ1n) is 6.22. The first kappa shape index (κ1) is 13.9. The number of imidazole rings is 1. The van der Waals surface area contributed by atoms with Crippen molar-refractivity contribution in [2.75, 3.05) is 19.6 Å². The van der Waals surface area contributed by atoms with Crippen LogP contribution < -0.4 is 0 Å². The second-order valence-electron chi connectivity index (χ2n) is 4.89. The van der Waals surface area contributed by atoms with Crippen molar-refractivity contribution in [1.82, 2.24) is 14.5 Å². The predicted molar refractivity (Wildman–Crippen MR) is 66.7 cm³/mol. The van der Waals surface area contributed by atoms with E-state index in [2.05, 4.69) is 4.98 Å². The van der Waals surface area contributed by atoms with Crippen LogP contribution in [0.2, 0.25) is 0 Å². The summed E-state index contributed by atoms with van der Waals surface area (Å²) in [6, 6.07) is 0. The maximum Gasteiger partial charge on any atom is 0.342 e. The van der Waals surface area contributed by atoms with Crippen LogP contribution in [0.5, 0.6) is 0 Å². The summed E-state index contributed by atoms with van der Waals surface area (Å²) in [6.07, 6.45) is 0.840. The van der Waals surface area contributed by atoms with Crippen molar-refractivity contribution in [3.05, 3.63) is 22.1 Å². The topological polar surface area (TPSA) is 105 Å². The van der Waals surface area contributed by atoms with Gasteiger partial charge in [0.1, 0.15) is 18.8 Å². The molecule has 1 aromatic rings. The van der Waals surface area contributed by atoms with Crippen LogP contribution in [0.25, 0.3) is 0 Å². The van der Waals surface area contributed by atoms with Crippen LogP contribution in [-0.4, -0.2) is 61.4 Å². The van der Waals surface area contributed by atoms with Crippen LogP contribution >= 0.6 is 0 Å². The summed E-state index contributed by atoms with van der Waals surface area (Å²) in [4.78, 5) is 16.2. The number of β-amino-alcohol motifs (C(OH)–C–C–N with tert-alkyl or cyclic N) is 2. The molecule has 2 heterocycles. The third kappa shape index (κ3) is 3.28. The summed E-state index contributed by atoms with van der Waals surface area (Å²) in [5.74, 6) is 0.394. The Labute approximate surface area is 110 Å². The number of nitro groups is 1. The van der Waals surface area contributed by atoms with Crippen molar-refractivity contribution >= 4 is 5.82 Å². The Balaban J connectivity index is 1.97. The van der Waals surface area contributed by atoms with Crippen molar-refractivity contribution in [3.63, 3.8) is 0 Å². The molecule has 106 valence electrons. The Morgan fingerprint density at radius 2 is 2.37 bits per heavy atom. The molecule has 0 radical (unpaired) electrons. The lowest BCUT2D eigenvalue weighted by Gasteiger charge is -2.18. The van der Waals surface area contributed by atoms with Crippen LogP contribution in [0.4, 0.5) is 5.82 Å². The third-order valence-corrected chi connectivity index (χ3v) is 3.33.